The van der Waals surface area contributed by atoms with E-state index in [1.165, 1.54) is 56.1 Å². The first-order valence-electron chi connectivity index (χ1n) is 12.4. The Labute approximate surface area is 178 Å². The molecule has 3 fully saturated rings. The van der Waals surface area contributed by atoms with Gasteiger partial charge in [0.25, 0.3) is 0 Å². The predicted octanol–water partition coefficient (Wildman–Crippen LogP) is 6.28. The molecule has 0 unspecified atom stereocenters. The van der Waals surface area contributed by atoms with Crippen LogP contribution in [0.15, 0.2) is 23.3 Å². The highest BCUT2D eigenvalue weighted by molar-refractivity contribution is 5.26. The van der Waals surface area contributed by atoms with Gasteiger partial charge in [-0.05, 0) is 112 Å². The van der Waals surface area contributed by atoms with Crippen LogP contribution in [0.25, 0.3) is 0 Å². The molecule has 29 heavy (non-hydrogen) atoms. The lowest BCUT2D eigenvalue weighted by Crippen LogP contribution is -2.53. The van der Waals surface area contributed by atoms with Crippen molar-refractivity contribution in [3.63, 3.8) is 0 Å². The minimum atomic E-state index is -0.558. The molecule has 0 heterocycles. The van der Waals surface area contributed by atoms with Crippen LogP contribution in [-0.2, 0) is 0 Å². The summed E-state index contributed by atoms with van der Waals surface area (Å²) in [6.07, 6.45) is 14.5. The van der Waals surface area contributed by atoms with Crippen LogP contribution < -0.4 is 0 Å². The van der Waals surface area contributed by atoms with Crippen LogP contribution in [0.2, 0.25) is 0 Å². The molecule has 0 spiro atoms. The van der Waals surface area contributed by atoms with Crippen molar-refractivity contribution < 1.29 is 10.2 Å². The van der Waals surface area contributed by atoms with Crippen molar-refractivity contribution in [2.45, 2.75) is 105 Å². The minimum absolute atomic E-state index is 0.107. The molecule has 164 valence electrons. The Morgan fingerprint density at radius 2 is 1.90 bits per heavy atom. The van der Waals surface area contributed by atoms with Crippen molar-refractivity contribution in [2.75, 3.05) is 0 Å². The van der Waals surface area contributed by atoms with E-state index in [1.807, 2.05) is 0 Å². The maximum Gasteiger partial charge on any atom is 0.0836 e. The summed E-state index contributed by atoms with van der Waals surface area (Å²) in [6.45, 7) is 12.0. The zero-order valence-corrected chi connectivity index (χ0v) is 19.5. The van der Waals surface area contributed by atoms with Gasteiger partial charge >= 0.3 is 0 Å². The SMILES string of the molecule is CC(C)=CCC[C@@H](C)[C@H]1CC[C@H]2[C@@H]3CC=C4C[C@H](O)[C@H](O)C[C@]4(C)[C@H]3CC[C@]12C. The highest BCUT2D eigenvalue weighted by Gasteiger charge is 2.59. The van der Waals surface area contributed by atoms with Crippen LogP contribution in [0.5, 0.6) is 0 Å². The van der Waals surface area contributed by atoms with E-state index in [0.29, 0.717) is 17.8 Å². The van der Waals surface area contributed by atoms with Gasteiger partial charge in [0, 0.05) is 0 Å². The minimum Gasteiger partial charge on any atom is -0.390 e. The van der Waals surface area contributed by atoms with E-state index in [0.717, 1.165) is 30.1 Å². The first kappa shape index (κ1) is 21.6. The van der Waals surface area contributed by atoms with Crippen molar-refractivity contribution in [3.05, 3.63) is 23.3 Å². The van der Waals surface area contributed by atoms with E-state index in [-0.39, 0.29) is 5.41 Å². The number of aliphatic hydroxyl groups is 2. The maximum absolute atomic E-state index is 10.5. The van der Waals surface area contributed by atoms with E-state index in [1.54, 1.807) is 0 Å². The molecular formula is C27H44O2. The van der Waals surface area contributed by atoms with Crippen molar-refractivity contribution in [2.24, 2.45) is 40.4 Å². The van der Waals surface area contributed by atoms with Crippen molar-refractivity contribution >= 4 is 0 Å². The van der Waals surface area contributed by atoms with Crippen LogP contribution in [0.1, 0.15) is 92.4 Å². The van der Waals surface area contributed by atoms with Gasteiger partial charge in [0.15, 0.2) is 0 Å². The normalized spacial score (nSPS) is 47.5. The lowest BCUT2D eigenvalue weighted by molar-refractivity contribution is -0.0888. The van der Waals surface area contributed by atoms with Gasteiger partial charge in [-0.1, -0.05) is 44.1 Å². The largest absolute Gasteiger partial charge is 0.390 e. The number of allylic oxidation sites excluding steroid dienone is 3. The molecule has 9 atom stereocenters. The summed E-state index contributed by atoms with van der Waals surface area (Å²) in [5.41, 5.74) is 3.51. The van der Waals surface area contributed by atoms with Gasteiger partial charge in [0.1, 0.15) is 0 Å². The Bertz CT molecular complexity index is 674. The average molecular weight is 401 g/mol. The second-order valence-electron chi connectivity index (χ2n) is 11.9. The van der Waals surface area contributed by atoms with E-state index in [9.17, 15) is 10.2 Å². The molecule has 0 aromatic rings. The van der Waals surface area contributed by atoms with Gasteiger partial charge in [-0.3, -0.25) is 0 Å². The standard InChI is InChI=1S/C27H44O2/c1-17(2)7-6-8-18(3)21-11-12-22-20-10-9-19-15-24(28)25(29)16-27(19,5)23(20)13-14-26(21,22)4/h7,9,18,20-25,28-29H,6,8,10-16H2,1-5H3/t18-,20+,21-,22+,23+,24+,25-,26-,27+/m1/s1. The van der Waals surface area contributed by atoms with Gasteiger partial charge in [-0.25, -0.2) is 0 Å². The fourth-order valence-electron chi connectivity index (χ4n) is 8.50. The second kappa shape index (κ2) is 7.83. The zero-order valence-electron chi connectivity index (χ0n) is 19.5. The van der Waals surface area contributed by atoms with Crippen molar-refractivity contribution in [1.29, 1.82) is 0 Å². The Morgan fingerprint density at radius 3 is 2.62 bits per heavy atom. The number of hydrogen-bond acceptors (Lipinski definition) is 2. The number of hydrogen-bond donors (Lipinski definition) is 2. The molecule has 0 bridgehead atoms. The summed E-state index contributed by atoms with van der Waals surface area (Å²) in [4.78, 5) is 0. The summed E-state index contributed by atoms with van der Waals surface area (Å²) in [7, 11) is 0. The Kier molecular flexibility index (Phi) is 5.84. The molecular weight excluding hydrogens is 356 g/mol. The van der Waals surface area contributed by atoms with Gasteiger partial charge in [-0.15, -0.1) is 0 Å². The number of rotatable bonds is 4. The van der Waals surface area contributed by atoms with Gasteiger partial charge in [-0.2, -0.15) is 0 Å². The second-order valence-corrected chi connectivity index (χ2v) is 11.9. The highest BCUT2D eigenvalue weighted by atomic mass is 16.3. The lowest BCUT2D eigenvalue weighted by Gasteiger charge is -2.59. The summed E-state index contributed by atoms with van der Waals surface area (Å²) in [5, 5.41) is 20.7. The Hall–Kier alpha value is -0.600. The third-order valence-electron chi connectivity index (χ3n) is 10.1. The van der Waals surface area contributed by atoms with Gasteiger partial charge < -0.3 is 10.2 Å². The number of fused-ring (bicyclic) bond motifs is 5. The summed E-state index contributed by atoms with van der Waals surface area (Å²) in [6, 6.07) is 0. The van der Waals surface area contributed by atoms with Crippen molar-refractivity contribution in [1.82, 2.24) is 0 Å². The fourth-order valence-corrected chi connectivity index (χ4v) is 8.50. The van der Waals surface area contributed by atoms with Gasteiger partial charge in [0.05, 0.1) is 12.2 Å². The molecule has 4 rings (SSSR count). The topological polar surface area (TPSA) is 40.5 Å². The first-order valence-corrected chi connectivity index (χ1v) is 12.4. The summed E-state index contributed by atoms with van der Waals surface area (Å²) >= 11 is 0. The third-order valence-corrected chi connectivity index (χ3v) is 10.1. The molecule has 4 aliphatic carbocycles. The van der Waals surface area contributed by atoms with E-state index in [2.05, 4.69) is 46.8 Å². The van der Waals surface area contributed by atoms with E-state index >= 15 is 0 Å². The van der Waals surface area contributed by atoms with Crippen molar-refractivity contribution in [3.8, 4) is 0 Å². The predicted molar refractivity (Wildman–Crippen MR) is 120 cm³/mol. The van der Waals surface area contributed by atoms with Crippen LogP contribution >= 0.6 is 0 Å². The highest BCUT2D eigenvalue weighted by Crippen LogP contribution is 2.67. The molecule has 2 nitrogen and oxygen atoms in total. The van der Waals surface area contributed by atoms with Gasteiger partial charge in [0.2, 0.25) is 0 Å². The summed E-state index contributed by atoms with van der Waals surface area (Å²) in [5.74, 6) is 4.00. The smallest absolute Gasteiger partial charge is 0.0836 e. The fraction of sp³-hybridized carbons (Fsp3) is 0.852. The van der Waals surface area contributed by atoms with Crippen LogP contribution in [0.4, 0.5) is 0 Å². The molecule has 4 aliphatic rings. The van der Waals surface area contributed by atoms with E-state index < -0.39 is 12.2 Å². The molecule has 2 N–H and O–H groups in total. The quantitative estimate of drug-likeness (QED) is 0.545. The lowest BCUT2D eigenvalue weighted by atomic mass is 9.46. The number of aliphatic hydroxyl groups excluding tert-OH is 2. The molecule has 0 aliphatic heterocycles. The summed E-state index contributed by atoms with van der Waals surface area (Å²) < 4.78 is 0. The molecule has 0 aromatic heterocycles. The zero-order chi connectivity index (χ0) is 21.0. The molecule has 2 heteroatoms. The van der Waals surface area contributed by atoms with Crippen LogP contribution in [-0.4, -0.2) is 22.4 Å². The first-order chi connectivity index (χ1) is 13.7. The molecule has 0 aromatic carbocycles. The average Bonchev–Trinajstić information content (AvgIpc) is 3.00. The monoisotopic (exact) mass is 400 g/mol. The Balaban J connectivity index is 1.52. The Morgan fingerprint density at radius 1 is 1.14 bits per heavy atom. The molecule has 3 saturated carbocycles. The van der Waals surface area contributed by atoms with E-state index in [4.69, 9.17) is 0 Å². The van der Waals surface area contributed by atoms with Crippen LogP contribution in [0, 0.1) is 40.4 Å². The van der Waals surface area contributed by atoms with Crippen LogP contribution in [0.3, 0.4) is 0 Å². The third kappa shape index (κ3) is 3.57. The molecule has 0 amide bonds. The molecule has 0 saturated heterocycles. The molecule has 0 radical (unpaired) electrons. The maximum atomic E-state index is 10.5.